The van der Waals surface area contributed by atoms with Gasteiger partial charge in [0.1, 0.15) is 17.7 Å². The first-order chi connectivity index (χ1) is 11.8. The quantitative estimate of drug-likeness (QED) is 0.747. The Hall–Kier alpha value is -2.70. The first kappa shape index (κ1) is 15.8. The summed E-state index contributed by atoms with van der Waals surface area (Å²) in [5.41, 5.74) is 0.984. The second-order valence-electron chi connectivity index (χ2n) is 7.31. The molecule has 1 fully saturated rings. The molecule has 4 rings (SSSR count). The summed E-state index contributed by atoms with van der Waals surface area (Å²) >= 11 is 0. The number of esters is 1. The number of carbonyl (C=O) groups excluding carboxylic acids is 2. The van der Waals surface area contributed by atoms with Crippen LogP contribution < -0.4 is 0 Å². The number of fused-ring (bicyclic) bond motifs is 5. The zero-order valence-corrected chi connectivity index (χ0v) is 14.2. The van der Waals surface area contributed by atoms with Crippen molar-refractivity contribution in [3.63, 3.8) is 0 Å². The number of halogens is 1. The number of hydrogen-bond donors (Lipinski definition) is 0. The zero-order chi connectivity index (χ0) is 17.9. The minimum absolute atomic E-state index is 0.203. The van der Waals surface area contributed by atoms with E-state index in [0.29, 0.717) is 17.9 Å². The Morgan fingerprint density at radius 2 is 2.12 bits per heavy atom. The molecule has 2 aliphatic rings. The maximum Gasteiger partial charge on any atom is 0.359 e. The van der Waals surface area contributed by atoms with Gasteiger partial charge in [0.25, 0.3) is 5.91 Å². The van der Waals surface area contributed by atoms with E-state index in [9.17, 15) is 14.0 Å². The molecule has 1 aromatic carbocycles. The number of nitrogens with zero attached hydrogens (tertiary/aromatic N) is 3. The molecule has 130 valence electrons. The van der Waals surface area contributed by atoms with Crippen molar-refractivity contribution in [2.45, 2.75) is 38.8 Å². The maximum atomic E-state index is 13.7. The van der Waals surface area contributed by atoms with Gasteiger partial charge in [-0.05, 0) is 45.4 Å². The lowest BCUT2D eigenvalue weighted by Crippen LogP contribution is -2.45. The molecule has 0 aliphatic carbocycles. The van der Waals surface area contributed by atoms with Crippen molar-refractivity contribution in [3.8, 4) is 5.69 Å². The van der Waals surface area contributed by atoms with E-state index in [-0.39, 0.29) is 23.2 Å². The van der Waals surface area contributed by atoms with Crippen molar-refractivity contribution in [1.82, 2.24) is 14.5 Å². The first-order valence-electron chi connectivity index (χ1n) is 8.18. The fourth-order valence-corrected chi connectivity index (χ4v) is 3.31. The van der Waals surface area contributed by atoms with E-state index >= 15 is 0 Å². The van der Waals surface area contributed by atoms with Crippen LogP contribution in [0.15, 0.2) is 24.5 Å². The Morgan fingerprint density at radius 3 is 2.76 bits per heavy atom. The number of hydrogen-bond acceptors (Lipinski definition) is 4. The summed E-state index contributed by atoms with van der Waals surface area (Å²) in [5, 5.41) is 0. The molecular weight excluding hydrogens is 325 g/mol. The Bertz CT molecular complexity index is 897. The molecule has 0 spiro atoms. The maximum absolute atomic E-state index is 13.7. The van der Waals surface area contributed by atoms with Crippen LogP contribution in [0.3, 0.4) is 0 Å². The van der Waals surface area contributed by atoms with Gasteiger partial charge in [0.05, 0.1) is 23.0 Å². The van der Waals surface area contributed by atoms with Gasteiger partial charge in [-0.2, -0.15) is 0 Å². The summed E-state index contributed by atoms with van der Waals surface area (Å²) in [7, 11) is 0. The molecule has 7 heteroatoms. The van der Waals surface area contributed by atoms with Crippen molar-refractivity contribution in [2.24, 2.45) is 0 Å². The topological polar surface area (TPSA) is 64.4 Å². The van der Waals surface area contributed by atoms with Gasteiger partial charge in [-0.3, -0.25) is 9.36 Å². The smallest absolute Gasteiger partial charge is 0.359 e. The van der Waals surface area contributed by atoms with Crippen LogP contribution in [0.5, 0.6) is 0 Å². The van der Waals surface area contributed by atoms with Gasteiger partial charge < -0.3 is 9.64 Å². The molecule has 0 unspecified atom stereocenters. The summed E-state index contributed by atoms with van der Waals surface area (Å²) in [6, 6.07) is 3.81. The fourth-order valence-electron chi connectivity index (χ4n) is 3.31. The van der Waals surface area contributed by atoms with Gasteiger partial charge >= 0.3 is 5.97 Å². The molecular formula is C18H18FN3O3. The Kier molecular flexibility index (Phi) is 3.25. The van der Waals surface area contributed by atoms with Gasteiger partial charge in [0.15, 0.2) is 5.69 Å². The molecule has 0 saturated carbocycles. The third kappa shape index (κ3) is 2.42. The van der Waals surface area contributed by atoms with Crippen LogP contribution in [0.2, 0.25) is 0 Å². The lowest BCUT2D eigenvalue weighted by Gasteiger charge is -2.39. The van der Waals surface area contributed by atoms with Gasteiger partial charge in [-0.25, -0.2) is 14.2 Å². The van der Waals surface area contributed by atoms with Crippen molar-refractivity contribution >= 4 is 11.9 Å². The molecule has 1 saturated heterocycles. The number of ether oxygens (including phenoxy) is 1. The Morgan fingerprint density at radius 1 is 1.36 bits per heavy atom. The highest BCUT2D eigenvalue weighted by Crippen LogP contribution is 2.41. The highest BCUT2D eigenvalue weighted by Gasteiger charge is 2.43. The lowest BCUT2D eigenvalue weighted by atomic mass is 9.97. The van der Waals surface area contributed by atoms with Crippen LogP contribution in [-0.4, -0.2) is 38.5 Å². The summed E-state index contributed by atoms with van der Waals surface area (Å²) < 4.78 is 20.8. The second kappa shape index (κ2) is 5.15. The predicted molar refractivity (Wildman–Crippen MR) is 87.1 cm³/mol. The zero-order valence-electron chi connectivity index (χ0n) is 14.2. The molecule has 2 aromatic rings. The van der Waals surface area contributed by atoms with Gasteiger partial charge in [0.2, 0.25) is 0 Å². The molecule has 1 aromatic heterocycles. The first-order valence-corrected chi connectivity index (χ1v) is 8.18. The van der Waals surface area contributed by atoms with E-state index in [0.717, 1.165) is 6.42 Å². The van der Waals surface area contributed by atoms with Crippen LogP contribution in [-0.2, 0) is 4.74 Å². The largest absolute Gasteiger partial charge is 0.455 e. The van der Waals surface area contributed by atoms with E-state index in [1.807, 2.05) is 0 Å². The standard InChI is InChI=1S/C18H18FN3O3/c1-18(2,3)25-17(24)14-15-13-6-7-21(13)16(23)11-8-10(19)4-5-12(11)22(15)9-20-14/h4-5,8-9,13H,6-7H2,1-3H3/t13-/m0/s1. The second-order valence-corrected chi connectivity index (χ2v) is 7.31. The predicted octanol–water partition coefficient (Wildman–Crippen LogP) is 2.87. The molecule has 2 aliphatic heterocycles. The summed E-state index contributed by atoms with van der Waals surface area (Å²) in [6.07, 6.45) is 2.23. The molecule has 1 amide bonds. The third-order valence-electron chi connectivity index (χ3n) is 4.44. The number of rotatable bonds is 1. The molecule has 6 nitrogen and oxygen atoms in total. The minimum atomic E-state index is -0.644. The van der Waals surface area contributed by atoms with E-state index in [1.54, 1.807) is 36.3 Å². The third-order valence-corrected chi connectivity index (χ3v) is 4.44. The molecule has 0 N–H and O–H groups in total. The van der Waals surface area contributed by atoms with E-state index < -0.39 is 17.4 Å². The van der Waals surface area contributed by atoms with Crippen LogP contribution in [0.1, 0.15) is 59.8 Å². The number of carbonyl (C=O) groups is 2. The Labute approximate surface area is 144 Å². The molecule has 0 bridgehead atoms. The van der Waals surface area contributed by atoms with Crippen molar-refractivity contribution in [2.75, 3.05) is 6.54 Å². The highest BCUT2D eigenvalue weighted by atomic mass is 19.1. The Balaban J connectivity index is 1.88. The average molecular weight is 343 g/mol. The van der Waals surface area contributed by atoms with Crippen LogP contribution in [0, 0.1) is 5.82 Å². The lowest BCUT2D eigenvalue weighted by molar-refractivity contribution is 0.00537. The molecule has 3 heterocycles. The van der Waals surface area contributed by atoms with E-state index in [1.165, 1.54) is 18.5 Å². The molecule has 25 heavy (non-hydrogen) atoms. The van der Waals surface area contributed by atoms with Crippen LogP contribution in [0.4, 0.5) is 4.39 Å². The van der Waals surface area contributed by atoms with Crippen LogP contribution >= 0.6 is 0 Å². The summed E-state index contributed by atoms with van der Waals surface area (Å²) in [4.78, 5) is 31.2. The monoisotopic (exact) mass is 343 g/mol. The molecule has 1 atom stereocenters. The van der Waals surface area contributed by atoms with Gasteiger partial charge in [-0.15, -0.1) is 0 Å². The summed E-state index contributed by atoms with van der Waals surface area (Å²) in [5.74, 6) is -1.23. The number of amides is 1. The number of benzene rings is 1. The van der Waals surface area contributed by atoms with Crippen molar-refractivity contribution in [1.29, 1.82) is 0 Å². The van der Waals surface area contributed by atoms with Gasteiger partial charge in [0, 0.05) is 6.54 Å². The minimum Gasteiger partial charge on any atom is -0.455 e. The SMILES string of the molecule is CC(C)(C)OC(=O)c1ncn2c1[C@@H]1CCN1C(=O)c1cc(F)ccc1-2. The fraction of sp³-hybridized carbons (Fsp3) is 0.389. The van der Waals surface area contributed by atoms with Crippen LogP contribution in [0.25, 0.3) is 5.69 Å². The van der Waals surface area contributed by atoms with Crippen molar-refractivity contribution in [3.05, 3.63) is 47.3 Å². The van der Waals surface area contributed by atoms with E-state index in [2.05, 4.69) is 4.98 Å². The molecule has 0 radical (unpaired) electrons. The normalized spacial score (nSPS) is 18.6. The number of imidazole rings is 1. The van der Waals surface area contributed by atoms with Crippen molar-refractivity contribution < 1.29 is 18.7 Å². The number of aromatic nitrogens is 2. The summed E-state index contributed by atoms with van der Waals surface area (Å²) in [6.45, 7) is 5.93. The highest BCUT2D eigenvalue weighted by molar-refractivity contribution is 6.00. The average Bonchev–Trinajstić information content (AvgIpc) is 2.86. The van der Waals surface area contributed by atoms with E-state index in [4.69, 9.17) is 4.74 Å². The van der Waals surface area contributed by atoms with Gasteiger partial charge in [-0.1, -0.05) is 0 Å².